The first kappa shape index (κ1) is 11.1. The van der Waals surface area contributed by atoms with Crippen molar-refractivity contribution in [3.05, 3.63) is 18.0 Å². The molecule has 1 fully saturated rings. The number of aliphatic hydroxyl groups is 1. The van der Waals surface area contributed by atoms with Crippen LogP contribution in [0.25, 0.3) is 0 Å². The van der Waals surface area contributed by atoms with Crippen molar-refractivity contribution in [2.75, 3.05) is 6.54 Å². The van der Waals surface area contributed by atoms with Gasteiger partial charge in [-0.2, -0.15) is 0 Å². The van der Waals surface area contributed by atoms with Crippen molar-refractivity contribution < 1.29 is 14.4 Å². The molecule has 0 radical (unpaired) electrons. The zero-order valence-corrected chi connectivity index (χ0v) is 9.11. The van der Waals surface area contributed by atoms with Gasteiger partial charge in [-0.15, -0.1) is 0 Å². The fourth-order valence-corrected chi connectivity index (χ4v) is 2.05. The highest BCUT2D eigenvalue weighted by Gasteiger charge is 2.29. The first-order chi connectivity index (χ1) is 7.70. The number of aromatic nitrogens is 1. The molecule has 0 aromatic carbocycles. The predicted octanol–water partition coefficient (Wildman–Crippen LogP) is 1.10. The molecule has 0 bridgehead atoms. The Balaban J connectivity index is 1.84. The largest absolute Gasteiger partial charge is 0.388 e. The molecule has 5 heteroatoms. The van der Waals surface area contributed by atoms with Gasteiger partial charge in [-0.05, 0) is 12.8 Å². The molecule has 5 nitrogen and oxygen atoms in total. The lowest BCUT2D eigenvalue weighted by molar-refractivity contribution is 0.00518. The van der Waals surface area contributed by atoms with Crippen LogP contribution >= 0.6 is 0 Å². The topological polar surface area (TPSA) is 75.4 Å². The summed E-state index contributed by atoms with van der Waals surface area (Å²) in [7, 11) is 0. The SMILES string of the molecule is O=C(NCC1(O)CCCCC1)c1ccon1. The van der Waals surface area contributed by atoms with Crippen LogP contribution in [0.3, 0.4) is 0 Å². The third-order valence-electron chi connectivity index (χ3n) is 3.03. The molecule has 16 heavy (non-hydrogen) atoms. The van der Waals surface area contributed by atoms with Crippen LogP contribution in [-0.2, 0) is 0 Å². The fourth-order valence-electron chi connectivity index (χ4n) is 2.05. The summed E-state index contributed by atoms with van der Waals surface area (Å²) >= 11 is 0. The van der Waals surface area contributed by atoms with E-state index in [-0.39, 0.29) is 11.6 Å². The van der Waals surface area contributed by atoms with Crippen LogP contribution in [0.4, 0.5) is 0 Å². The lowest BCUT2D eigenvalue weighted by Crippen LogP contribution is -2.44. The summed E-state index contributed by atoms with van der Waals surface area (Å²) in [5, 5.41) is 16.4. The van der Waals surface area contributed by atoms with Crippen LogP contribution in [0, 0.1) is 0 Å². The summed E-state index contributed by atoms with van der Waals surface area (Å²) in [5.74, 6) is -0.298. The highest BCUT2D eigenvalue weighted by molar-refractivity contribution is 5.91. The lowest BCUT2D eigenvalue weighted by atomic mass is 9.85. The van der Waals surface area contributed by atoms with Crippen LogP contribution in [0.1, 0.15) is 42.6 Å². The van der Waals surface area contributed by atoms with Crippen LogP contribution in [0.15, 0.2) is 16.9 Å². The summed E-state index contributed by atoms with van der Waals surface area (Å²) in [6.07, 6.45) is 6.08. The maximum Gasteiger partial charge on any atom is 0.273 e. The van der Waals surface area contributed by atoms with Gasteiger partial charge in [0.1, 0.15) is 6.26 Å². The fraction of sp³-hybridized carbons (Fsp3) is 0.636. The van der Waals surface area contributed by atoms with E-state index in [1.165, 1.54) is 18.8 Å². The van der Waals surface area contributed by atoms with Crippen molar-refractivity contribution >= 4 is 5.91 Å². The molecule has 2 rings (SSSR count). The Labute approximate surface area is 93.8 Å². The molecular weight excluding hydrogens is 208 g/mol. The van der Waals surface area contributed by atoms with E-state index in [9.17, 15) is 9.90 Å². The molecular formula is C11H16N2O3. The van der Waals surface area contributed by atoms with Crippen molar-refractivity contribution in [3.8, 4) is 0 Å². The van der Waals surface area contributed by atoms with Gasteiger partial charge in [0.2, 0.25) is 0 Å². The first-order valence-electron chi connectivity index (χ1n) is 5.61. The summed E-state index contributed by atoms with van der Waals surface area (Å²) in [4.78, 5) is 11.5. The minimum Gasteiger partial charge on any atom is -0.388 e. The summed E-state index contributed by atoms with van der Waals surface area (Å²) < 4.78 is 4.58. The second kappa shape index (κ2) is 4.65. The summed E-state index contributed by atoms with van der Waals surface area (Å²) in [6, 6.07) is 1.50. The van der Waals surface area contributed by atoms with Crippen molar-refractivity contribution in [1.29, 1.82) is 0 Å². The number of nitrogens with one attached hydrogen (secondary N) is 1. The molecule has 88 valence electrons. The lowest BCUT2D eigenvalue weighted by Gasteiger charge is -2.31. The van der Waals surface area contributed by atoms with E-state index in [0.717, 1.165) is 25.7 Å². The Morgan fingerprint density at radius 2 is 2.25 bits per heavy atom. The van der Waals surface area contributed by atoms with Crippen molar-refractivity contribution in [1.82, 2.24) is 10.5 Å². The second-order valence-corrected chi connectivity index (χ2v) is 4.35. The summed E-state index contributed by atoms with van der Waals surface area (Å²) in [6.45, 7) is 0.290. The summed E-state index contributed by atoms with van der Waals surface area (Å²) in [5.41, 5.74) is -0.489. The van der Waals surface area contributed by atoms with Gasteiger partial charge in [0.05, 0.1) is 5.60 Å². The average molecular weight is 224 g/mol. The highest BCUT2D eigenvalue weighted by atomic mass is 16.5. The quantitative estimate of drug-likeness (QED) is 0.806. The van der Waals surface area contributed by atoms with Gasteiger partial charge in [-0.25, -0.2) is 0 Å². The van der Waals surface area contributed by atoms with E-state index in [1.54, 1.807) is 0 Å². The normalized spacial score (nSPS) is 19.3. The zero-order valence-electron chi connectivity index (χ0n) is 9.11. The average Bonchev–Trinajstić information content (AvgIpc) is 2.80. The molecule has 0 spiro atoms. The van der Waals surface area contributed by atoms with Gasteiger partial charge in [-0.3, -0.25) is 4.79 Å². The molecule has 1 aromatic rings. The Hall–Kier alpha value is -1.36. The number of hydrogen-bond acceptors (Lipinski definition) is 4. The van der Waals surface area contributed by atoms with E-state index in [4.69, 9.17) is 0 Å². The molecule has 1 saturated carbocycles. The number of nitrogens with zero attached hydrogens (tertiary/aromatic N) is 1. The minimum absolute atomic E-state index is 0.249. The maximum absolute atomic E-state index is 11.5. The van der Waals surface area contributed by atoms with E-state index in [2.05, 4.69) is 15.0 Å². The molecule has 1 heterocycles. The number of carbonyl (C=O) groups is 1. The van der Waals surface area contributed by atoms with Crippen LogP contribution in [-0.4, -0.2) is 28.3 Å². The van der Waals surface area contributed by atoms with Gasteiger partial charge in [0, 0.05) is 12.6 Å². The number of amides is 1. The van der Waals surface area contributed by atoms with Crippen molar-refractivity contribution in [3.63, 3.8) is 0 Å². The minimum atomic E-state index is -0.738. The first-order valence-corrected chi connectivity index (χ1v) is 5.61. The van der Waals surface area contributed by atoms with Gasteiger partial charge < -0.3 is 14.9 Å². The van der Waals surface area contributed by atoms with Gasteiger partial charge in [0.25, 0.3) is 5.91 Å². The number of carbonyl (C=O) groups excluding carboxylic acids is 1. The Morgan fingerprint density at radius 1 is 1.50 bits per heavy atom. The number of rotatable bonds is 3. The highest BCUT2D eigenvalue weighted by Crippen LogP contribution is 2.27. The van der Waals surface area contributed by atoms with E-state index < -0.39 is 5.60 Å². The molecule has 1 aliphatic carbocycles. The predicted molar refractivity (Wildman–Crippen MR) is 56.9 cm³/mol. The van der Waals surface area contributed by atoms with Crippen LogP contribution in [0.2, 0.25) is 0 Å². The molecule has 1 amide bonds. The standard InChI is InChI=1S/C11H16N2O3/c14-10(9-4-7-16-13-9)12-8-11(15)5-2-1-3-6-11/h4,7,15H,1-3,5-6,8H2,(H,12,14). The molecule has 0 saturated heterocycles. The van der Waals surface area contributed by atoms with E-state index in [1.807, 2.05) is 0 Å². The van der Waals surface area contributed by atoms with Crippen LogP contribution in [0.5, 0.6) is 0 Å². The molecule has 0 atom stereocenters. The number of hydrogen-bond donors (Lipinski definition) is 2. The molecule has 0 unspecified atom stereocenters. The van der Waals surface area contributed by atoms with Crippen molar-refractivity contribution in [2.24, 2.45) is 0 Å². The third-order valence-corrected chi connectivity index (χ3v) is 3.03. The second-order valence-electron chi connectivity index (χ2n) is 4.35. The molecule has 1 aromatic heterocycles. The Morgan fingerprint density at radius 3 is 2.88 bits per heavy atom. The zero-order chi connectivity index (χ0) is 11.4. The van der Waals surface area contributed by atoms with Crippen molar-refractivity contribution in [2.45, 2.75) is 37.7 Å². The molecule has 1 aliphatic rings. The maximum atomic E-state index is 11.5. The smallest absolute Gasteiger partial charge is 0.273 e. The third kappa shape index (κ3) is 2.61. The Bertz CT molecular complexity index is 342. The van der Waals surface area contributed by atoms with Gasteiger partial charge >= 0.3 is 0 Å². The molecule has 2 N–H and O–H groups in total. The van der Waals surface area contributed by atoms with Gasteiger partial charge in [0.15, 0.2) is 5.69 Å². The van der Waals surface area contributed by atoms with E-state index >= 15 is 0 Å². The monoisotopic (exact) mass is 224 g/mol. The van der Waals surface area contributed by atoms with Gasteiger partial charge in [-0.1, -0.05) is 24.4 Å². The molecule has 0 aliphatic heterocycles. The Kier molecular flexibility index (Phi) is 3.24. The van der Waals surface area contributed by atoms with Crippen LogP contribution < -0.4 is 5.32 Å². The van der Waals surface area contributed by atoms with E-state index in [0.29, 0.717) is 6.54 Å².